The van der Waals surface area contributed by atoms with Crippen molar-refractivity contribution in [1.29, 1.82) is 0 Å². The standard InChI is InChI=1S/C24H23ClFN5O2/c1-13(15-6-4-5-14(7-15)12-32)30-21-17(25)11-27-19-8-18(26)20(31-22(19)21)16-9-28-23(29-10-16)24(2,3)33/h4-11,13,32-33H,12H2,1-3H3,(H,27,30)/t13-/m1/s1. The van der Waals surface area contributed by atoms with E-state index in [4.69, 9.17) is 11.6 Å². The lowest BCUT2D eigenvalue weighted by Gasteiger charge is -2.19. The lowest BCUT2D eigenvalue weighted by atomic mass is 10.0. The fourth-order valence-electron chi connectivity index (χ4n) is 3.43. The number of fused-ring (bicyclic) bond motifs is 1. The molecule has 0 bridgehead atoms. The minimum absolute atomic E-state index is 0.0480. The van der Waals surface area contributed by atoms with Crippen LogP contribution in [0.1, 0.15) is 43.8 Å². The van der Waals surface area contributed by atoms with Crippen molar-refractivity contribution in [3.05, 3.63) is 76.7 Å². The first kappa shape index (κ1) is 23.0. The van der Waals surface area contributed by atoms with Crippen molar-refractivity contribution in [1.82, 2.24) is 19.9 Å². The second-order valence-corrected chi connectivity index (χ2v) is 8.70. The van der Waals surface area contributed by atoms with E-state index in [1.807, 2.05) is 31.2 Å². The van der Waals surface area contributed by atoms with Crippen LogP contribution < -0.4 is 5.32 Å². The monoisotopic (exact) mass is 467 g/mol. The summed E-state index contributed by atoms with van der Waals surface area (Å²) in [6.45, 7) is 5.03. The number of hydrogen-bond donors (Lipinski definition) is 3. The van der Waals surface area contributed by atoms with E-state index < -0.39 is 11.4 Å². The lowest BCUT2D eigenvalue weighted by molar-refractivity contribution is 0.0687. The lowest BCUT2D eigenvalue weighted by Crippen LogP contribution is -2.19. The van der Waals surface area contributed by atoms with Crippen LogP contribution in [0.15, 0.2) is 48.9 Å². The van der Waals surface area contributed by atoms with Gasteiger partial charge in [0.2, 0.25) is 0 Å². The first-order valence-electron chi connectivity index (χ1n) is 10.3. The van der Waals surface area contributed by atoms with Crippen LogP contribution in [0.4, 0.5) is 10.1 Å². The van der Waals surface area contributed by atoms with E-state index in [0.717, 1.165) is 11.1 Å². The number of halogens is 2. The van der Waals surface area contributed by atoms with Crippen LogP contribution in [0.25, 0.3) is 22.3 Å². The molecule has 3 N–H and O–H groups in total. The van der Waals surface area contributed by atoms with Gasteiger partial charge < -0.3 is 15.5 Å². The van der Waals surface area contributed by atoms with E-state index in [0.29, 0.717) is 27.3 Å². The summed E-state index contributed by atoms with van der Waals surface area (Å²) >= 11 is 6.45. The van der Waals surface area contributed by atoms with E-state index in [1.165, 1.54) is 24.7 Å². The van der Waals surface area contributed by atoms with Crippen molar-refractivity contribution in [3.63, 3.8) is 0 Å². The van der Waals surface area contributed by atoms with E-state index in [-0.39, 0.29) is 24.2 Å². The first-order chi connectivity index (χ1) is 15.7. The van der Waals surface area contributed by atoms with Crippen LogP contribution in [-0.4, -0.2) is 30.1 Å². The second kappa shape index (κ2) is 8.97. The predicted molar refractivity (Wildman–Crippen MR) is 125 cm³/mol. The predicted octanol–water partition coefficient (Wildman–Crippen LogP) is 4.77. The summed E-state index contributed by atoms with van der Waals surface area (Å²) in [5, 5.41) is 23.2. The van der Waals surface area contributed by atoms with E-state index in [9.17, 15) is 14.6 Å². The molecule has 4 rings (SSSR count). The maximum Gasteiger partial charge on any atom is 0.159 e. The van der Waals surface area contributed by atoms with Crippen LogP contribution >= 0.6 is 11.6 Å². The Balaban J connectivity index is 1.77. The molecule has 0 aliphatic carbocycles. The molecule has 9 heteroatoms. The van der Waals surface area contributed by atoms with Gasteiger partial charge in [-0.2, -0.15) is 0 Å². The Labute approximate surface area is 195 Å². The summed E-state index contributed by atoms with van der Waals surface area (Å²) in [5.41, 5.74) is 2.18. The molecule has 0 aliphatic rings. The summed E-state index contributed by atoms with van der Waals surface area (Å²) in [6.07, 6.45) is 4.29. The van der Waals surface area contributed by atoms with Gasteiger partial charge in [-0.15, -0.1) is 0 Å². The second-order valence-electron chi connectivity index (χ2n) is 8.29. The molecule has 1 atom stereocenters. The smallest absolute Gasteiger partial charge is 0.159 e. The highest BCUT2D eigenvalue weighted by Gasteiger charge is 2.21. The molecule has 7 nitrogen and oxygen atoms in total. The van der Waals surface area contributed by atoms with E-state index >= 15 is 0 Å². The molecule has 0 unspecified atom stereocenters. The van der Waals surface area contributed by atoms with Crippen LogP contribution in [0, 0.1) is 5.82 Å². The Morgan fingerprint density at radius 2 is 1.85 bits per heavy atom. The zero-order valence-corrected chi connectivity index (χ0v) is 19.1. The van der Waals surface area contributed by atoms with E-state index in [1.54, 1.807) is 13.8 Å². The topological polar surface area (TPSA) is 104 Å². The number of benzene rings is 1. The third kappa shape index (κ3) is 4.78. The highest BCUT2D eigenvalue weighted by molar-refractivity contribution is 6.34. The van der Waals surface area contributed by atoms with Crippen LogP contribution in [0.5, 0.6) is 0 Å². The van der Waals surface area contributed by atoms with Crippen molar-refractivity contribution in [2.45, 2.75) is 39.0 Å². The Bertz CT molecular complexity index is 1310. The summed E-state index contributed by atoms with van der Waals surface area (Å²) in [6, 6.07) is 8.66. The average molecular weight is 468 g/mol. The van der Waals surface area contributed by atoms with Crippen molar-refractivity contribution in [2.24, 2.45) is 0 Å². The number of pyridine rings is 2. The third-order valence-corrected chi connectivity index (χ3v) is 5.50. The number of aromatic nitrogens is 4. The first-order valence-corrected chi connectivity index (χ1v) is 10.7. The van der Waals surface area contributed by atoms with Gasteiger partial charge in [0.25, 0.3) is 0 Å². The van der Waals surface area contributed by atoms with Gasteiger partial charge in [-0.05, 0) is 31.9 Å². The number of nitrogens with zero attached hydrogens (tertiary/aromatic N) is 4. The maximum absolute atomic E-state index is 14.9. The van der Waals surface area contributed by atoms with Gasteiger partial charge >= 0.3 is 0 Å². The minimum Gasteiger partial charge on any atom is -0.392 e. The number of hydrogen-bond acceptors (Lipinski definition) is 7. The largest absolute Gasteiger partial charge is 0.392 e. The maximum atomic E-state index is 14.9. The van der Waals surface area contributed by atoms with Gasteiger partial charge in [-0.25, -0.2) is 19.3 Å². The molecule has 3 heterocycles. The molecule has 0 aliphatic heterocycles. The van der Waals surface area contributed by atoms with Crippen molar-refractivity contribution in [2.75, 3.05) is 5.32 Å². The molecule has 0 saturated heterocycles. The SMILES string of the molecule is C[C@@H](Nc1c(Cl)cnc2cc(F)c(-c3cnc(C(C)(C)O)nc3)nc12)c1cccc(CO)c1. The molecular formula is C24H23ClFN5O2. The number of rotatable bonds is 6. The summed E-state index contributed by atoms with van der Waals surface area (Å²) < 4.78 is 14.9. The Hall–Kier alpha value is -3.20. The number of aliphatic hydroxyl groups excluding tert-OH is 1. The van der Waals surface area contributed by atoms with Gasteiger partial charge in [-0.1, -0.05) is 35.9 Å². The normalized spacial score (nSPS) is 12.7. The zero-order chi connectivity index (χ0) is 23.8. The summed E-state index contributed by atoms with van der Waals surface area (Å²) in [7, 11) is 0. The molecule has 1 aromatic carbocycles. The molecule has 3 aromatic heterocycles. The highest BCUT2D eigenvalue weighted by atomic mass is 35.5. The molecule has 0 spiro atoms. The molecular weight excluding hydrogens is 445 g/mol. The highest BCUT2D eigenvalue weighted by Crippen LogP contribution is 2.34. The Kier molecular flexibility index (Phi) is 6.25. The quantitative estimate of drug-likeness (QED) is 0.375. The zero-order valence-electron chi connectivity index (χ0n) is 18.3. The molecule has 33 heavy (non-hydrogen) atoms. The summed E-state index contributed by atoms with van der Waals surface area (Å²) in [4.78, 5) is 17.0. The number of aliphatic hydroxyl groups is 2. The molecule has 0 radical (unpaired) electrons. The van der Waals surface area contributed by atoms with Crippen molar-refractivity contribution < 1.29 is 14.6 Å². The van der Waals surface area contributed by atoms with Gasteiger partial charge in [0, 0.05) is 36.3 Å². The van der Waals surface area contributed by atoms with Crippen molar-refractivity contribution in [3.8, 4) is 11.3 Å². The van der Waals surface area contributed by atoms with Crippen LogP contribution in [-0.2, 0) is 12.2 Å². The molecule has 0 amide bonds. The average Bonchev–Trinajstić information content (AvgIpc) is 2.80. The Morgan fingerprint density at radius 3 is 2.52 bits per heavy atom. The fraction of sp³-hybridized carbons (Fsp3) is 0.250. The minimum atomic E-state index is -1.22. The molecule has 4 aromatic rings. The van der Waals surface area contributed by atoms with E-state index in [2.05, 4.69) is 25.3 Å². The van der Waals surface area contributed by atoms with Gasteiger partial charge in [-0.3, -0.25) is 4.98 Å². The fourth-order valence-corrected chi connectivity index (χ4v) is 3.62. The molecule has 0 fully saturated rings. The molecule has 170 valence electrons. The number of nitrogens with one attached hydrogen (secondary N) is 1. The van der Waals surface area contributed by atoms with Gasteiger partial charge in [0.1, 0.15) is 16.8 Å². The van der Waals surface area contributed by atoms with Crippen LogP contribution in [0.2, 0.25) is 5.02 Å². The number of anilines is 1. The van der Waals surface area contributed by atoms with Gasteiger partial charge in [0.15, 0.2) is 11.6 Å². The summed E-state index contributed by atoms with van der Waals surface area (Å²) in [5.74, 6) is -0.356. The van der Waals surface area contributed by atoms with Crippen molar-refractivity contribution >= 4 is 28.3 Å². The Morgan fingerprint density at radius 1 is 1.12 bits per heavy atom. The third-order valence-electron chi connectivity index (χ3n) is 5.22. The molecule has 0 saturated carbocycles. The van der Waals surface area contributed by atoms with Crippen LogP contribution in [0.3, 0.4) is 0 Å². The van der Waals surface area contributed by atoms with Gasteiger partial charge in [0.05, 0.1) is 22.8 Å².